The number of hydrogen-bond donors (Lipinski definition) is 3. The zero-order valence-corrected chi connectivity index (χ0v) is 18.3. The zero-order valence-electron chi connectivity index (χ0n) is 17.5. The number of pyridine rings is 1. The van der Waals surface area contributed by atoms with Crippen LogP contribution >= 0.6 is 0 Å². The Hall–Kier alpha value is -4.10. The number of anilines is 1. The molecule has 0 aliphatic heterocycles. The van der Waals surface area contributed by atoms with E-state index in [1.54, 1.807) is 31.2 Å². The maximum Gasteiger partial charge on any atom is 0.268 e. The van der Waals surface area contributed by atoms with Gasteiger partial charge in [-0.2, -0.15) is 5.26 Å². The van der Waals surface area contributed by atoms with E-state index >= 15 is 0 Å². The Labute approximate surface area is 184 Å². The summed E-state index contributed by atoms with van der Waals surface area (Å²) in [6, 6.07) is 12.9. The number of aromatic nitrogens is 1. The first-order valence-corrected chi connectivity index (χ1v) is 10.8. The Morgan fingerprint density at radius 2 is 1.94 bits per heavy atom. The second-order valence-electron chi connectivity index (χ2n) is 6.84. The van der Waals surface area contributed by atoms with Crippen LogP contribution in [0.1, 0.15) is 22.3 Å². The van der Waals surface area contributed by atoms with Gasteiger partial charge in [-0.1, -0.05) is 18.2 Å². The smallest absolute Gasteiger partial charge is 0.268 e. The van der Waals surface area contributed by atoms with E-state index in [0.717, 1.165) is 5.56 Å². The number of aliphatic imine (C=N–C) groups is 1. The summed E-state index contributed by atoms with van der Waals surface area (Å²) in [4.78, 5) is 18.1. The van der Waals surface area contributed by atoms with Crippen molar-refractivity contribution < 1.29 is 18.3 Å². The molecule has 0 aliphatic rings. The van der Waals surface area contributed by atoms with Crippen molar-refractivity contribution in [1.82, 2.24) is 4.98 Å². The normalized spacial score (nSPS) is 11.3. The largest absolute Gasteiger partial charge is 0.494 e. The number of aromatic amines is 1. The molecule has 2 aromatic carbocycles. The van der Waals surface area contributed by atoms with Gasteiger partial charge in [0.2, 0.25) is 5.88 Å². The zero-order chi connectivity index (χ0) is 23.5. The molecular formula is C22H20N4O5S. The van der Waals surface area contributed by atoms with Gasteiger partial charge in [0.1, 0.15) is 23.1 Å². The minimum atomic E-state index is -3.88. The van der Waals surface area contributed by atoms with Crippen LogP contribution in [0, 0.1) is 25.2 Å². The van der Waals surface area contributed by atoms with Crippen LogP contribution in [0.15, 0.2) is 57.1 Å². The number of rotatable bonds is 6. The lowest BCUT2D eigenvalue weighted by Gasteiger charge is -2.12. The van der Waals surface area contributed by atoms with Crippen LogP contribution in [-0.2, 0) is 10.0 Å². The number of nitrogens with one attached hydrogen (secondary N) is 2. The fourth-order valence-corrected chi connectivity index (χ4v) is 4.12. The fourth-order valence-electron chi connectivity index (χ4n) is 2.97. The third kappa shape index (κ3) is 4.48. The Morgan fingerprint density at radius 1 is 1.22 bits per heavy atom. The van der Waals surface area contributed by atoms with Gasteiger partial charge in [-0.15, -0.1) is 0 Å². The molecule has 3 N–H and O–H groups in total. The van der Waals surface area contributed by atoms with Crippen molar-refractivity contribution >= 4 is 27.6 Å². The molecule has 1 heterocycles. The molecule has 0 radical (unpaired) electrons. The lowest BCUT2D eigenvalue weighted by Crippen LogP contribution is -2.14. The van der Waals surface area contributed by atoms with Crippen LogP contribution in [0.2, 0.25) is 0 Å². The number of aryl methyl sites for hydroxylation is 1. The molecule has 9 nitrogen and oxygen atoms in total. The van der Waals surface area contributed by atoms with Gasteiger partial charge in [0, 0.05) is 12.3 Å². The first-order chi connectivity index (χ1) is 15.2. The van der Waals surface area contributed by atoms with Gasteiger partial charge in [0.15, 0.2) is 0 Å². The van der Waals surface area contributed by atoms with Gasteiger partial charge in [-0.05, 0) is 43.2 Å². The van der Waals surface area contributed by atoms with Crippen LogP contribution in [0.3, 0.4) is 0 Å². The molecule has 0 bridgehead atoms. The third-order valence-electron chi connectivity index (χ3n) is 4.79. The van der Waals surface area contributed by atoms with E-state index in [4.69, 9.17) is 10.00 Å². The quantitative estimate of drug-likeness (QED) is 0.490. The SMILES string of the molecule is COc1cc(S(=O)(=O)Nc2ccccc2C)ccc1N=Cc1c(O)[nH]c(=O)c(C#N)c1C. The van der Waals surface area contributed by atoms with E-state index in [2.05, 4.69) is 14.7 Å². The summed E-state index contributed by atoms with van der Waals surface area (Å²) >= 11 is 0. The maximum atomic E-state index is 12.8. The molecule has 0 atom stereocenters. The number of aromatic hydroxyl groups is 1. The number of hydrogen-bond acceptors (Lipinski definition) is 7. The van der Waals surface area contributed by atoms with Gasteiger partial charge < -0.3 is 9.84 Å². The predicted molar refractivity (Wildman–Crippen MR) is 120 cm³/mol. The van der Waals surface area contributed by atoms with Crippen LogP contribution in [0.5, 0.6) is 11.6 Å². The molecule has 0 unspecified atom stereocenters. The lowest BCUT2D eigenvalue weighted by molar-refractivity contribution is 0.415. The number of ether oxygens (including phenoxy) is 1. The Kier molecular flexibility index (Phi) is 6.32. The number of benzene rings is 2. The highest BCUT2D eigenvalue weighted by Crippen LogP contribution is 2.31. The standard InChI is InChI=1S/C22H20N4O5S/c1-13-6-4-5-7-18(13)26-32(29,30)15-8-9-19(20(10-15)31-3)24-12-17-14(2)16(11-23)21(27)25-22(17)28/h4-10,12,26H,1-3H3,(H2,25,27,28). The molecule has 0 saturated heterocycles. The molecule has 0 saturated carbocycles. The van der Waals surface area contributed by atoms with Crippen molar-refractivity contribution in [1.29, 1.82) is 5.26 Å². The molecule has 32 heavy (non-hydrogen) atoms. The molecule has 10 heteroatoms. The van der Waals surface area contributed by atoms with Crippen molar-refractivity contribution in [2.75, 3.05) is 11.8 Å². The highest BCUT2D eigenvalue weighted by atomic mass is 32.2. The molecule has 0 spiro atoms. The van der Waals surface area contributed by atoms with Gasteiger partial charge >= 0.3 is 0 Å². The average molecular weight is 452 g/mol. The summed E-state index contributed by atoms with van der Waals surface area (Å²) in [6.45, 7) is 3.31. The molecule has 1 aromatic heterocycles. The number of methoxy groups -OCH3 is 1. The topological polar surface area (TPSA) is 145 Å². The monoisotopic (exact) mass is 452 g/mol. The molecule has 0 aliphatic carbocycles. The summed E-state index contributed by atoms with van der Waals surface area (Å²) in [5.41, 5.74) is 1.10. The molecular weight excluding hydrogens is 432 g/mol. The van der Waals surface area contributed by atoms with E-state index in [-0.39, 0.29) is 33.0 Å². The summed E-state index contributed by atoms with van der Waals surface area (Å²) < 4.78 is 33.4. The van der Waals surface area contributed by atoms with Gasteiger partial charge in [-0.25, -0.2) is 8.42 Å². The molecule has 3 aromatic rings. The second kappa shape index (κ2) is 8.95. The number of para-hydroxylation sites is 1. The molecule has 0 amide bonds. The van der Waals surface area contributed by atoms with Crippen LogP contribution < -0.4 is 15.0 Å². The first-order valence-electron chi connectivity index (χ1n) is 9.34. The van der Waals surface area contributed by atoms with E-state index in [0.29, 0.717) is 5.69 Å². The summed E-state index contributed by atoms with van der Waals surface area (Å²) in [5, 5.41) is 19.2. The van der Waals surface area contributed by atoms with Crippen molar-refractivity contribution in [3.63, 3.8) is 0 Å². The van der Waals surface area contributed by atoms with E-state index in [1.807, 2.05) is 6.07 Å². The summed E-state index contributed by atoms with van der Waals surface area (Å²) in [6.07, 6.45) is 1.26. The number of nitriles is 1. The molecule has 0 fully saturated rings. The van der Waals surface area contributed by atoms with Crippen molar-refractivity contribution in [3.8, 4) is 17.7 Å². The maximum absolute atomic E-state index is 12.8. The Balaban J connectivity index is 1.97. The highest BCUT2D eigenvalue weighted by molar-refractivity contribution is 7.92. The minimum absolute atomic E-state index is 0.0219. The van der Waals surface area contributed by atoms with Gasteiger partial charge in [-0.3, -0.25) is 19.5 Å². The minimum Gasteiger partial charge on any atom is -0.494 e. The summed E-state index contributed by atoms with van der Waals surface area (Å²) in [5.74, 6) is -0.258. The second-order valence-corrected chi connectivity index (χ2v) is 8.52. The predicted octanol–water partition coefficient (Wildman–Crippen LogP) is 3.13. The highest BCUT2D eigenvalue weighted by Gasteiger charge is 2.18. The van der Waals surface area contributed by atoms with E-state index in [1.165, 1.54) is 38.4 Å². The third-order valence-corrected chi connectivity index (χ3v) is 6.15. The fraction of sp³-hybridized carbons (Fsp3) is 0.136. The average Bonchev–Trinajstić information content (AvgIpc) is 2.75. The number of sulfonamides is 1. The Bertz CT molecular complexity index is 1420. The van der Waals surface area contributed by atoms with E-state index in [9.17, 15) is 18.3 Å². The van der Waals surface area contributed by atoms with E-state index < -0.39 is 21.5 Å². The van der Waals surface area contributed by atoms with Crippen molar-refractivity contribution in [3.05, 3.63) is 75.1 Å². The number of nitrogens with zero attached hydrogens (tertiary/aromatic N) is 2. The van der Waals surface area contributed by atoms with Gasteiger partial charge in [0.25, 0.3) is 15.6 Å². The van der Waals surface area contributed by atoms with Crippen LogP contribution in [-0.4, -0.2) is 31.8 Å². The summed E-state index contributed by atoms with van der Waals surface area (Å²) in [7, 11) is -2.51. The van der Waals surface area contributed by atoms with Crippen molar-refractivity contribution in [2.24, 2.45) is 4.99 Å². The lowest BCUT2D eigenvalue weighted by atomic mass is 10.1. The van der Waals surface area contributed by atoms with Gasteiger partial charge in [0.05, 0.1) is 23.3 Å². The molecule has 3 rings (SSSR count). The first kappa shape index (κ1) is 22.6. The number of H-pyrrole nitrogens is 1. The van der Waals surface area contributed by atoms with Crippen LogP contribution in [0.4, 0.5) is 11.4 Å². The van der Waals surface area contributed by atoms with Crippen molar-refractivity contribution in [2.45, 2.75) is 18.7 Å². The Morgan fingerprint density at radius 3 is 2.59 bits per heavy atom. The van der Waals surface area contributed by atoms with Crippen LogP contribution in [0.25, 0.3) is 0 Å². The molecule has 164 valence electrons.